The van der Waals surface area contributed by atoms with Gasteiger partial charge in [-0.1, -0.05) is 6.07 Å². The van der Waals surface area contributed by atoms with Crippen LogP contribution in [0.2, 0.25) is 0 Å². The van der Waals surface area contributed by atoms with Crippen molar-refractivity contribution in [3.8, 4) is 5.75 Å². The first-order valence-corrected chi connectivity index (χ1v) is 9.83. The third kappa shape index (κ3) is 3.65. The molecule has 3 heterocycles. The van der Waals surface area contributed by atoms with Crippen molar-refractivity contribution in [1.82, 2.24) is 19.9 Å². The van der Waals surface area contributed by atoms with Crippen molar-refractivity contribution < 1.29 is 4.74 Å². The van der Waals surface area contributed by atoms with Crippen LogP contribution in [0, 0.1) is 0 Å². The van der Waals surface area contributed by atoms with Gasteiger partial charge in [-0.25, -0.2) is 4.98 Å². The summed E-state index contributed by atoms with van der Waals surface area (Å²) in [7, 11) is 1.68. The van der Waals surface area contributed by atoms with E-state index in [9.17, 15) is 0 Å². The molecule has 0 spiro atoms. The fourth-order valence-corrected chi connectivity index (χ4v) is 3.59. The molecule has 3 aromatic heterocycles. The molecule has 0 saturated carbocycles. The molecule has 2 aromatic carbocycles. The number of aromatic amines is 2. The molecule has 0 aliphatic rings. The Morgan fingerprint density at radius 2 is 1.97 bits per heavy atom. The second-order valence-electron chi connectivity index (χ2n) is 7.07. The molecule has 0 amide bonds. The number of fused-ring (bicyclic) bond motifs is 2. The van der Waals surface area contributed by atoms with E-state index < -0.39 is 0 Å². The van der Waals surface area contributed by atoms with Gasteiger partial charge in [0.25, 0.3) is 0 Å². The van der Waals surface area contributed by atoms with Crippen LogP contribution in [0.15, 0.2) is 67.1 Å². The SMILES string of the molecule is COc1ccc2[nH]cc(CCNc3nccc(Nc4ccc5cc[nH]c5c4)n3)c2c1. The average Bonchev–Trinajstić information content (AvgIpc) is 3.40. The van der Waals surface area contributed by atoms with E-state index in [0.29, 0.717) is 5.95 Å². The Balaban J connectivity index is 1.25. The van der Waals surface area contributed by atoms with Crippen molar-refractivity contribution in [3.05, 3.63) is 72.7 Å². The van der Waals surface area contributed by atoms with Gasteiger partial charge in [-0.15, -0.1) is 0 Å². The van der Waals surface area contributed by atoms with Gasteiger partial charge in [0.15, 0.2) is 0 Å². The topological polar surface area (TPSA) is 90.6 Å². The highest BCUT2D eigenvalue weighted by Gasteiger charge is 2.06. The maximum absolute atomic E-state index is 5.34. The lowest BCUT2D eigenvalue weighted by Crippen LogP contribution is -2.08. The number of benzene rings is 2. The van der Waals surface area contributed by atoms with Crippen LogP contribution in [0.3, 0.4) is 0 Å². The highest BCUT2D eigenvalue weighted by atomic mass is 16.5. The molecular weight excluding hydrogens is 376 g/mol. The first kappa shape index (κ1) is 18.1. The van der Waals surface area contributed by atoms with Gasteiger partial charge in [-0.2, -0.15) is 4.98 Å². The third-order valence-electron chi connectivity index (χ3n) is 5.14. The van der Waals surface area contributed by atoms with E-state index in [1.165, 1.54) is 16.3 Å². The number of nitrogens with zero attached hydrogens (tertiary/aromatic N) is 2. The summed E-state index contributed by atoms with van der Waals surface area (Å²) in [5, 5.41) is 9.01. The summed E-state index contributed by atoms with van der Waals surface area (Å²) < 4.78 is 5.34. The van der Waals surface area contributed by atoms with E-state index in [-0.39, 0.29) is 0 Å². The van der Waals surface area contributed by atoms with Gasteiger partial charge in [-0.05, 0) is 59.8 Å². The highest BCUT2D eigenvalue weighted by Crippen LogP contribution is 2.24. The molecule has 0 bridgehead atoms. The third-order valence-corrected chi connectivity index (χ3v) is 5.14. The summed E-state index contributed by atoms with van der Waals surface area (Å²) in [6.07, 6.45) is 6.57. The maximum atomic E-state index is 5.34. The summed E-state index contributed by atoms with van der Waals surface area (Å²) in [4.78, 5) is 15.4. The number of rotatable bonds is 7. The summed E-state index contributed by atoms with van der Waals surface area (Å²) in [5.74, 6) is 2.20. The largest absolute Gasteiger partial charge is 0.497 e. The zero-order chi connectivity index (χ0) is 20.3. The molecule has 0 fully saturated rings. The minimum absolute atomic E-state index is 0.596. The number of hydrogen-bond donors (Lipinski definition) is 4. The van der Waals surface area contributed by atoms with E-state index >= 15 is 0 Å². The van der Waals surface area contributed by atoms with Crippen molar-refractivity contribution in [2.75, 3.05) is 24.3 Å². The van der Waals surface area contributed by atoms with E-state index in [0.717, 1.165) is 41.3 Å². The Morgan fingerprint density at radius 1 is 1.00 bits per heavy atom. The molecule has 7 nitrogen and oxygen atoms in total. The molecule has 0 atom stereocenters. The lowest BCUT2D eigenvalue weighted by Gasteiger charge is -2.09. The van der Waals surface area contributed by atoms with Crippen molar-refractivity contribution in [1.29, 1.82) is 0 Å². The summed E-state index contributed by atoms with van der Waals surface area (Å²) in [6, 6.07) is 16.1. The highest BCUT2D eigenvalue weighted by molar-refractivity contribution is 5.85. The molecule has 5 aromatic rings. The molecule has 30 heavy (non-hydrogen) atoms. The molecule has 7 heteroatoms. The van der Waals surface area contributed by atoms with Gasteiger partial charge in [0.2, 0.25) is 5.95 Å². The average molecular weight is 398 g/mol. The Bertz CT molecular complexity index is 1310. The first-order chi connectivity index (χ1) is 14.8. The lowest BCUT2D eigenvalue weighted by molar-refractivity contribution is 0.415. The molecule has 4 N–H and O–H groups in total. The lowest BCUT2D eigenvalue weighted by atomic mass is 10.1. The fourth-order valence-electron chi connectivity index (χ4n) is 3.59. The molecule has 0 unspecified atom stereocenters. The molecule has 150 valence electrons. The molecule has 0 aliphatic heterocycles. The smallest absolute Gasteiger partial charge is 0.224 e. The van der Waals surface area contributed by atoms with Gasteiger partial charge in [0.1, 0.15) is 11.6 Å². The van der Waals surface area contributed by atoms with Crippen LogP contribution in [0.1, 0.15) is 5.56 Å². The predicted octanol–water partition coefficient (Wildman–Crippen LogP) is 4.85. The van der Waals surface area contributed by atoms with E-state index in [4.69, 9.17) is 4.74 Å². The van der Waals surface area contributed by atoms with E-state index in [2.05, 4.69) is 54.8 Å². The van der Waals surface area contributed by atoms with Crippen LogP contribution < -0.4 is 15.4 Å². The Hall–Kier alpha value is -4.00. The fraction of sp³-hybridized carbons (Fsp3) is 0.130. The van der Waals surface area contributed by atoms with Crippen molar-refractivity contribution in [2.45, 2.75) is 6.42 Å². The van der Waals surface area contributed by atoms with Crippen molar-refractivity contribution >= 4 is 39.3 Å². The number of anilines is 3. The summed E-state index contributed by atoms with van der Waals surface area (Å²) >= 11 is 0. The Kier molecular flexibility index (Phi) is 4.69. The standard InChI is InChI=1S/C23H22N6O/c1-30-18-4-5-20-19(13-18)16(14-27-20)7-10-25-23-26-11-8-22(29-23)28-17-3-2-15-6-9-24-21(15)12-17/h2-6,8-9,11-14,24,27H,7,10H2,1H3,(H2,25,26,28,29). The van der Waals surface area contributed by atoms with Crippen LogP contribution in [-0.4, -0.2) is 33.6 Å². The molecule has 5 rings (SSSR count). The normalized spacial score (nSPS) is 11.1. The van der Waals surface area contributed by atoms with Crippen LogP contribution in [-0.2, 0) is 6.42 Å². The minimum Gasteiger partial charge on any atom is -0.497 e. The number of aromatic nitrogens is 4. The minimum atomic E-state index is 0.596. The van der Waals surface area contributed by atoms with E-state index in [1.807, 2.05) is 36.7 Å². The number of H-pyrrole nitrogens is 2. The zero-order valence-electron chi connectivity index (χ0n) is 16.6. The number of hydrogen-bond acceptors (Lipinski definition) is 5. The molecule has 0 saturated heterocycles. The van der Waals surface area contributed by atoms with Crippen LogP contribution in [0.4, 0.5) is 17.5 Å². The number of ether oxygens (including phenoxy) is 1. The van der Waals surface area contributed by atoms with Crippen molar-refractivity contribution in [2.24, 2.45) is 0 Å². The quantitative estimate of drug-likeness (QED) is 0.315. The van der Waals surface area contributed by atoms with Crippen LogP contribution >= 0.6 is 0 Å². The van der Waals surface area contributed by atoms with Crippen molar-refractivity contribution in [3.63, 3.8) is 0 Å². The summed E-state index contributed by atoms with van der Waals surface area (Å²) in [6.45, 7) is 0.724. The van der Waals surface area contributed by atoms with Gasteiger partial charge in [0, 0.05) is 47.2 Å². The van der Waals surface area contributed by atoms with Crippen LogP contribution in [0.25, 0.3) is 21.8 Å². The van der Waals surface area contributed by atoms with Crippen LogP contribution in [0.5, 0.6) is 5.75 Å². The van der Waals surface area contributed by atoms with Gasteiger partial charge in [-0.3, -0.25) is 0 Å². The Morgan fingerprint density at radius 3 is 2.90 bits per heavy atom. The maximum Gasteiger partial charge on any atom is 0.224 e. The number of methoxy groups -OCH3 is 1. The second kappa shape index (κ2) is 7.79. The molecule has 0 aliphatic carbocycles. The second-order valence-corrected chi connectivity index (χ2v) is 7.07. The Labute approximate surface area is 173 Å². The van der Waals surface area contributed by atoms with Gasteiger partial charge in [0.05, 0.1) is 7.11 Å². The van der Waals surface area contributed by atoms with Gasteiger partial charge < -0.3 is 25.3 Å². The monoisotopic (exact) mass is 398 g/mol. The molecule has 0 radical (unpaired) electrons. The molecular formula is C23H22N6O. The number of nitrogens with one attached hydrogen (secondary N) is 4. The van der Waals surface area contributed by atoms with Gasteiger partial charge >= 0.3 is 0 Å². The first-order valence-electron chi connectivity index (χ1n) is 9.83. The predicted molar refractivity (Wildman–Crippen MR) is 121 cm³/mol. The van der Waals surface area contributed by atoms with E-state index in [1.54, 1.807) is 13.3 Å². The zero-order valence-corrected chi connectivity index (χ0v) is 16.6. The summed E-state index contributed by atoms with van der Waals surface area (Å²) in [5.41, 5.74) is 4.39.